The van der Waals surface area contributed by atoms with Crippen molar-refractivity contribution in [2.24, 2.45) is 0 Å². The lowest BCUT2D eigenvalue weighted by atomic mass is 10.2. The van der Waals surface area contributed by atoms with Gasteiger partial charge in [0, 0.05) is 5.69 Å². The van der Waals surface area contributed by atoms with Crippen LogP contribution in [-0.2, 0) is 11.4 Å². The van der Waals surface area contributed by atoms with Crippen LogP contribution in [0.5, 0.6) is 5.75 Å². The molecule has 0 unspecified atom stereocenters. The van der Waals surface area contributed by atoms with E-state index in [0.717, 1.165) is 5.75 Å². The minimum absolute atomic E-state index is 0.123. The fourth-order valence-electron chi connectivity index (χ4n) is 2.10. The molecule has 1 aromatic heterocycles. The quantitative estimate of drug-likeness (QED) is 0.511. The van der Waals surface area contributed by atoms with E-state index < -0.39 is 5.97 Å². The summed E-state index contributed by atoms with van der Waals surface area (Å²) in [4.78, 5) is 27.1. The minimum Gasteiger partial charge on any atom is -0.486 e. The summed E-state index contributed by atoms with van der Waals surface area (Å²) in [7, 11) is 0. The number of aromatic amines is 1. The smallest absolute Gasteiger partial charge is 0.335 e. The standard InChI is InChI=1S/C18H16N4O4S/c23-16(19-13-8-6-12(7-9-13)17(24)25)11-27-18-20-15(21-22-18)10-26-14-4-2-1-3-5-14/h1-9H,10-11H2,(H,19,23)(H,24,25)(H,20,21,22). The van der Waals surface area contributed by atoms with E-state index in [9.17, 15) is 9.59 Å². The number of carbonyl (C=O) groups excluding carboxylic acids is 1. The fourth-order valence-corrected chi connectivity index (χ4v) is 2.72. The van der Waals surface area contributed by atoms with Gasteiger partial charge in [0.2, 0.25) is 11.1 Å². The van der Waals surface area contributed by atoms with E-state index in [1.807, 2.05) is 30.3 Å². The highest BCUT2D eigenvalue weighted by molar-refractivity contribution is 7.99. The average Bonchev–Trinajstić information content (AvgIpc) is 3.14. The molecule has 0 aliphatic carbocycles. The Morgan fingerprint density at radius 1 is 1.11 bits per heavy atom. The number of benzene rings is 2. The van der Waals surface area contributed by atoms with Gasteiger partial charge in [-0.3, -0.25) is 9.89 Å². The first kappa shape index (κ1) is 18.5. The van der Waals surface area contributed by atoms with Crippen LogP contribution in [-0.4, -0.2) is 37.9 Å². The Hall–Kier alpha value is -3.33. The van der Waals surface area contributed by atoms with Crippen molar-refractivity contribution in [3.05, 3.63) is 66.0 Å². The van der Waals surface area contributed by atoms with E-state index in [4.69, 9.17) is 9.84 Å². The minimum atomic E-state index is -1.01. The lowest BCUT2D eigenvalue weighted by Crippen LogP contribution is -2.14. The molecule has 1 heterocycles. The highest BCUT2D eigenvalue weighted by Crippen LogP contribution is 2.15. The molecule has 0 fully saturated rings. The Morgan fingerprint density at radius 3 is 2.56 bits per heavy atom. The third-order valence-corrected chi connectivity index (χ3v) is 4.23. The average molecular weight is 384 g/mol. The van der Waals surface area contributed by atoms with E-state index in [0.29, 0.717) is 16.7 Å². The maximum absolute atomic E-state index is 12.0. The summed E-state index contributed by atoms with van der Waals surface area (Å²) in [5.74, 6) is 0.162. The number of anilines is 1. The van der Waals surface area contributed by atoms with Crippen molar-refractivity contribution in [3.63, 3.8) is 0 Å². The molecule has 3 aromatic rings. The monoisotopic (exact) mass is 384 g/mol. The van der Waals surface area contributed by atoms with Gasteiger partial charge in [-0.1, -0.05) is 30.0 Å². The number of ether oxygens (including phenoxy) is 1. The number of aromatic carboxylic acids is 1. The molecule has 0 saturated heterocycles. The number of nitrogens with one attached hydrogen (secondary N) is 2. The molecule has 0 aliphatic rings. The second kappa shape index (κ2) is 8.86. The number of hydrogen-bond acceptors (Lipinski definition) is 6. The molecule has 0 saturated carbocycles. The fraction of sp³-hybridized carbons (Fsp3) is 0.111. The highest BCUT2D eigenvalue weighted by Gasteiger charge is 2.09. The van der Waals surface area contributed by atoms with Gasteiger partial charge in [-0.2, -0.15) is 0 Å². The number of aromatic nitrogens is 3. The normalized spacial score (nSPS) is 10.4. The van der Waals surface area contributed by atoms with E-state index in [2.05, 4.69) is 20.5 Å². The third kappa shape index (κ3) is 5.58. The van der Waals surface area contributed by atoms with Crippen molar-refractivity contribution < 1.29 is 19.4 Å². The lowest BCUT2D eigenvalue weighted by Gasteiger charge is -2.04. The number of rotatable bonds is 8. The van der Waals surface area contributed by atoms with Crippen LogP contribution in [0.25, 0.3) is 0 Å². The maximum atomic E-state index is 12.0. The van der Waals surface area contributed by atoms with Crippen molar-refractivity contribution in [3.8, 4) is 5.75 Å². The largest absolute Gasteiger partial charge is 0.486 e. The number of hydrogen-bond donors (Lipinski definition) is 3. The number of thioether (sulfide) groups is 1. The Kier molecular flexibility index (Phi) is 6.06. The third-order valence-electron chi connectivity index (χ3n) is 3.38. The van der Waals surface area contributed by atoms with Gasteiger partial charge in [0.15, 0.2) is 5.82 Å². The predicted octanol–water partition coefficient (Wildman–Crippen LogP) is 2.81. The molecule has 138 valence electrons. The summed E-state index contributed by atoms with van der Waals surface area (Å²) < 4.78 is 5.57. The van der Waals surface area contributed by atoms with Crippen molar-refractivity contribution in [2.45, 2.75) is 11.8 Å². The molecule has 9 heteroatoms. The maximum Gasteiger partial charge on any atom is 0.335 e. The molecular weight excluding hydrogens is 368 g/mol. The van der Waals surface area contributed by atoms with Crippen LogP contribution in [0.15, 0.2) is 59.8 Å². The molecule has 3 N–H and O–H groups in total. The van der Waals surface area contributed by atoms with Crippen LogP contribution in [0.3, 0.4) is 0 Å². The Balaban J connectivity index is 1.45. The molecule has 27 heavy (non-hydrogen) atoms. The molecule has 8 nitrogen and oxygen atoms in total. The highest BCUT2D eigenvalue weighted by atomic mass is 32.2. The summed E-state index contributed by atoms with van der Waals surface area (Å²) >= 11 is 1.18. The summed E-state index contributed by atoms with van der Waals surface area (Å²) in [6, 6.07) is 15.3. The molecule has 2 aromatic carbocycles. The second-order valence-corrected chi connectivity index (χ2v) is 6.33. The number of H-pyrrole nitrogens is 1. The number of amides is 1. The molecule has 0 radical (unpaired) electrons. The molecule has 0 spiro atoms. The van der Waals surface area contributed by atoms with Gasteiger partial charge in [-0.25, -0.2) is 9.78 Å². The number of carbonyl (C=O) groups is 2. The number of para-hydroxylation sites is 1. The van der Waals surface area contributed by atoms with Crippen molar-refractivity contribution in [1.29, 1.82) is 0 Å². The zero-order chi connectivity index (χ0) is 19.1. The van der Waals surface area contributed by atoms with Gasteiger partial charge in [-0.05, 0) is 36.4 Å². The summed E-state index contributed by atoms with van der Waals surface area (Å²) in [6.07, 6.45) is 0. The van der Waals surface area contributed by atoms with Gasteiger partial charge in [0.05, 0.1) is 11.3 Å². The summed E-state index contributed by atoms with van der Waals surface area (Å²) in [6.45, 7) is 0.250. The molecule has 0 atom stereocenters. The zero-order valence-electron chi connectivity index (χ0n) is 14.1. The van der Waals surface area contributed by atoms with Crippen LogP contribution >= 0.6 is 11.8 Å². The Morgan fingerprint density at radius 2 is 1.85 bits per heavy atom. The van der Waals surface area contributed by atoms with Gasteiger partial charge in [0.25, 0.3) is 0 Å². The Bertz CT molecular complexity index is 913. The van der Waals surface area contributed by atoms with Crippen molar-refractivity contribution in [1.82, 2.24) is 15.2 Å². The first-order valence-electron chi connectivity index (χ1n) is 7.95. The zero-order valence-corrected chi connectivity index (χ0v) is 14.9. The van der Waals surface area contributed by atoms with Crippen LogP contribution in [0, 0.1) is 0 Å². The van der Waals surface area contributed by atoms with Crippen LogP contribution in [0.2, 0.25) is 0 Å². The number of nitrogens with zero attached hydrogens (tertiary/aromatic N) is 2. The molecular formula is C18H16N4O4S. The van der Waals surface area contributed by atoms with Crippen LogP contribution < -0.4 is 10.1 Å². The summed E-state index contributed by atoms with van der Waals surface area (Å²) in [5, 5.41) is 18.8. The number of carboxylic acid groups (broad SMARTS) is 1. The Labute approximate surface area is 159 Å². The van der Waals surface area contributed by atoms with E-state index >= 15 is 0 Å². The van der Waals surface area contributed by atoms with Gasteiger partial charge in [-0.15, -0.1) is 5.10 Å². The van der Waals surface area contributed by atoms with Crippen molar-refractivity contribution >= 4 is 29.3 Å². The topological polar surface area (TPSA) is 117 Å². The molecule has 3 rings (SSSR count). The van der Waals surface area contributed by atoms with Crippen LogP contribution in [0.4, 0.5) is 5.69 Å². The molecule has 0 bridgehead atoms. The van der Waals surface area contributed by atoms with Gasteiger partial charge in [0.1, 0.15) is 12.4 Å². The van der Waals surface area contributed by atoms with Gasteiger partial charge < -0.3 is 15.2 Å². The van der Waals surface area contributed by atoms with Gasteiger partial charge >= 0.3 is 5.97 Å². The second-order valence-electron chi connectivity index (χ2n) is 5.39. The van der Waals surface area contributed by atoms with E-state index in [1.165, 1.54) is 36.0 Å². The molecule has 0 aliphatic heterocycles. The van der Waals surface area contributed by atoms with Crippen LogP contribution in [0.1, 0.15) is 16.2 Å². The summed E-state index contributed by atoms with van der Waals surface area (Å²) in [5.41, 5.74) is 0.686. The first-order valence-corrected chi connectivity index (χ1v) is 8.94. The first-order chi connectivity index (χ1) is 13.1. The van der Waals surface area contributed by atoms with E-state index in [1.54, 1.807) is 0 Å². The molecule has 1 amide bonds. The van der Waals surface area contributed by atoms with E-state index in [-0.39, 0.29) is 23.8 Å². The SMILES string of the molecule is O=C(CSc1n[nH]c(COc2ccccc2)n1)Nc1ccc(C(=O)O)cc1. The van der Waals surface area contributed by atoms with Crippen molar-refractivity contribution in [2.75, 3.05) is 11.1 Å². The predicted molar refractivity (Wildman–Crippen MR) is 99.9 cm³/mol. The number of carboxylic acids is 1. The lowest BCUT2D eigenvalue weighted by molar-refractivity contribution is -0.113.